The lowest BCUT2D eigenvalue weighted by Crippen LogP contribution is -3.06. The Kier molecular flexibility index (Phi) is 6.47. The number of quaternary nitrogens is 1. The number of likely N-dealkylation sites (N-methyl/N-ethyl adjacent to an activating group) is 1. The summed E-state index contributed by atoms with van der Waals surface area (Å²) in [5.74, 6) is 0.477. The van der Waals surface area contributed by atoms with Crippen molar-refractivity contribution >= 4 is 17.6 Å². The van der Waals surface area contributed by atoms with E-state index < -0.39 is 0 Å². The zero-order chi connectivity index (χ0) is 17.5. The summed E-state index contributed by atoms with van der Waals surface area (Å²) in [5.41, 5.74) is 2.06. The van der Waals surface area contributed by atoms with Crippen LogP contribution in [-0.2, 0) is 0 Å². The molecule has 2 atom stereocenters. The van der Waals surface area contributed by atoms with Gasteiger partial charge in [-0.2, -0.15) is 5.26 Å². The van der Waals surface area contributed by atoms with Crippen LogP contribution in [0, 0.1) is 18.3 Å². The molecule has 0 fully saturated rings. The fourth-order valence-electron chi connectivity index (χ4n) is 2.49. The first kappa shape index (κ1) is 18.1. The largest absolute Gasteiger partial charge is 0.496 e. The fourth-order valence-corrected chi connectivity index (χ4v) is 3.29. The van der Waals surface area contributed by atoms with Gasteiger partial charge >= 0.3 is 0 Å². The van der Waals surface area contributed by atoms with E-state index in [1.54, 1.807) is 13.3 Å². The fraction of sp³-hybridized carbons (Fsp3) is 0.389. The third-order valence-corrected chi connectivity index (χ3v) is 4.84. The van der Waals surface area contributed by atoms with Crippen molar-refractivity contribution in [2.45, 2.75) is 18.9 Å². The van der Waals surface area contributed by atoms with Crippen molar-refractivity contribution < 1.29 is 9.64 Å². The van der Waals surface area contributed by atoms with E-state index in [0.29, 0.717) is 6.54 Å². The molecule has 0 radical (unpaired) electrons. The van der Waals surface area contributed by atoms with Gasteiger partial charge in [-0.25, -0.2) is 4.98 Å². The number of aryl methyl sites for hydroxylation is 1. The maximum Gasteiger partial charge on any atom is 0.136 e. The summed E-state index contributed by atoms with van der Waals surface area (Å²) >= 11 is 1.50. The number of methoxy groups -OCH3 is 1. The van der Waals surface area contributed by atoms with Gasteiger partial charge in [-0.05, 0) is 19.1 Å². The van der Waals surface area contributed by atoms with Gasteiger partial charge in [0, 0.05) is 17.3 Å². The number of ether oxygens (including phenoxy) is 1. The molecular formula is C18H23N4OS+. The van der Waals surface area contributed by atoms with Crippen LogP contribution in [0.25, 0.3) is 0 Å². The summed E-state index contributed by atoms with van der Waals surface area (Å²) < 4.78 is 5.47. The number of aliphatic imine (C=N–C) groups is 1. The molecule has 0 aliphatic carbocycles. The normalized spacial score (nSPS) is 13.8. The first-order valence-corrected chi connectivity index (χ1v) is 8.69. The molecule has 0 spiro atoms. The second kappa shape index (κ2) is 8.57. The maximum atomic E-state index is 9.36. The number of para-hydroxylation sites is 1. The summed E-state index contributed by atoms with van der Waals surface area (Å²) in [4.78, 5) is 10.2. The zero-order valence-corrected chi connectivity index (χ0v) is 15.3. The van der Waals surface area contributed by atoms with Gasteiger partial charge in [0.15, 0.2) is 0 Å². The number of nitriles is 1. The van der Waals surface area contributed by atoms with E-state index >= 15 is 0 Å². The lowest BCUT2D eigenvalue weighted by atomic mass is 10.0. The van der Waals surface area contributed by atoms with Crippen LogP contribution in [0.15, 0.2) is 34.6 Å². The molecule has 0 amide bonds. The van der Waals surface area contributed by atoms with Crippen molar-refractivity contribution in [1.29, 1.82) is 5.26 Å². The summed E-state index contributed by atoms with van der Waals surface area (Å²) in [5, 5.41) is 12.1. The zero-order valence-electron chi connectivity index (χ0n) is 14.5. The van der Waals surface area contributed by atoms with Crippen LogP contribution < -0.4 is 9.64 Å². The smallest absolute Gasteiger partial charge is 0.136 e. The lowest BCUT2D eigenvalue weighted by Gasteiger charge is -2.22. The Bertz CT molecular complexity index is 733. The molecule has 0 bridgehead atoms. The van der Waals surface area contributed by atoms with Crippen LogP contribution in [0.1, 0.15) is 28.2 Å². The van der Waals surface area contributed by atoms with Crippen molar-refractivity contribution in [2.24, 2.45) is 4.99 Å². The predicted octanol–water partition coefficient (Wildman–Crippen LogP) is 2.02. The second-order valence-corrected chi connectivity index (χ2v) is 6.71. The minimum absolute atomic E-state index is 0.162. The number of rotatable bonds is 7. The summed E-state index contributed by atoms with van der Waals surface area (Å²) in [7, 11) is 5.87. The molecule has 0 aliphatic heterocycles. The highest BCUT2D eigenvalue weighted by atomic mass is 32.1. The first-order chi connectivity index (χ1) is 11.6. The Labute approximate surface area is 147 Å². The molecule has 5 nitrogen and oxygen atoms in total. The molecule has 0 aliphatic rings. The minimum Gasteiger partial charge on any atom is -0.496 e. The highest BCUT2D eigenvalue weighted by Gasteiger charge is 2.21. The molecule has 6 heteroatoms. The molecule has 2 aromatic rings. The standard InChI is InChI=1S/C18H22N4OS/c1-13-12-24-18(21-13)14(9-19)10-20-11-16(22(2)3)15-7-5-6-8-17(15)23-4/h5-8,10,12,14,16H,11H2,1-4H3/p+1/t14-,16-/m0/s1. The van der Waals surface area contributed by atoms with Gasteiger partial charge in [0.2, 0.25) is 0 Å². The number of hydrogen-bond donors (Lipinski definition) is 1. The van der Waals surface area contributed by atoms with E-state index in [0.717, 1.165) is 22.0 Å². The SMILES string of the molecule is COc1ccccc1[C@H](CN=C[C@H](C#N)c1nc(C)cs1)[NH+](C)C. The Morgan fingerprint density at radius 2 is 2.17 bits per heavy atom. The van der Waals surface area contributed by atoms with Gasteiger partial charge in [0.25, 0.3) is 0 Å². The van der Waals surface area contributed by atoms with Gasteiger partial charge < -0.3 is 9.64 Å². The second-order valence-electron chi connectivity index (χ2n) is 5.82. The first-order valence-electron chi connectivity index (χ1n) is 7.81. The molecular weight excluding hydrogens is 320 g/mol. The van der Waals surface area contributed by atoms with Crippen LogP contribution >= 0.6 is 11.3 Å². The molecule has 1 heterocycles. The van der Waals surface area contributed by atoms with Crippen molar-refractivity contribution in [3.05, 3.63) is 45.9 Å². The number of thiazole rings is 1. The number of nitrogens with zero attached hydrogens (tertiary/aromatic N) is 3. The van der Waals surface area contributed by atoms with Crippen LogP contribution in [0.2, 0.25) is 0 Å². The molecule has 1 aromatic carbocycles. The van der Waals surface area contributed by atoms with Gasteiger partial charge in [-0.15, -0.1) is 11.3 Å². The summed E-state index contributed by atoms with van der Waals surface area (Å²) in [6.45, 7) is 2.52. The Balaban J connectivity index is 2.15. The third-order valence-electron chi connectivity index (χ3n) is 3.80. The minimum atomic E-state index is -0.390. The summed E-state index contributed by atoms with van der Waals surface area (Å²) in [6.07, 6.45) is 1.71. The van der Waals surface area contributed by atoms with Gasteiger partial charge in [0.1, 0.15) is 22.7 Å². The van der Waals surface area contributed by atoms with Gasteiger partial charge in [-0.1, -0.05) is 12.1 Å². The van der Waals surface area contributed by atoms with Gasteiger partial charge in [-0.3, -0.25) is 4.99 Å². The molecule has 126 valence electrons. The Morgan fingerprint density at radius 3 is 2.75 bits per heavy atom. The number of hydrogen-bond acceptors (Lipinski definition) is 5. The molecule has 24 heavy (non-hydrogen) atoms. The Hall–Kier alpha value is -2.23. The molecule has 0 saturated carbocycles. The number of benzene rings is 1. The maximum absolute atomic E-state index is 9.36. The quantitative estimate of drug-likeness (QED) is 0.783. The van der Waals surface area contributed by atoms with E-state index in [9.17, 15) is 5.26 Å². The molecule has 1 N–H and O–H groups in total. The highest BCUT2D eigenvalue weighted by molar-refractivity contribution is 7.09. The van der Waals surface area contributed by atoms with E-state index in [4.69, 9.17) is 4.74 Å². The number of aromatic nitrogens is 1. The van der Waals surface area contributed by atoms with Crippen LogP contribution in [0.3, 0.4) is 0 Å². The predicted molar refractivity (Wildman–Crippen MR) is 97.1 cm³/mol. The van der Waals surface area contributed by atoms with Crippen molar-refractivity contribution in [3.8, 4) is 11.8 Å². The van der Waals surface area contributed by atoms with Crippen LogP contribution in [-0.4, -0.2) is 38.9 Å². The van der Waals surface area contributed by atoms with Crippen LogP contribution in [0.4, 0.5) is 0 Å². The average molecular weight is 343 g/mol. The van der Waals surface area contributed by atoms with E-state index in [1.807, 2.05) is 30.5 Å². The summed E-state index contributed by atoms with van der Waals surface area (Å²) in [6, 6.07) is 10.4. The Morgan fingerprint density at radius 1 is 1.42 bits per heavy atom. The van der Waals surface area contributed by atoms with Crippen LogP contribution in [0.5, 0.6) is 5.75 Å². The van der Waals surface area contributed by atoms with Crippen molar-refractivity contribution in [2.75, 3.05) is 27.7 Å². The number of nitrogens with one attached hydrogen (secondary N) is 1. The van der Waals surface area contributed by atoms with E-state index in [-0.39, 0.29) is 12.0 Å². The monoisotopic (exact) mass is 343 g/mol. The molecule has 0 saturated heterocycles. The van der Waals surface area contributed by atoms with Gasteiger partial charge in [0.05, 0.1) is 39.4 Å². The van der Waals surface area contributed by atoms with E-state index in [1.165, 1.54) is 16.2 Å². The molecule has 0 unspecified atom stereocenters. The highest BCUT2D eigenvalue weighted by Crippen LogP contribution is 2.23. The molecule has 2 rings (SSSR count). The van der Waals surface area contributed by atoms with Crippen molar-refractivity contribution in [3.63, 3.8) is 0 Å². The van der Waals surface area contributed by atoms with E-state index in [2.05, 4.69) is 36.2 Å². The molecule has 1 aromatic heterocycles. The topological polar surface area (TPSA) is 62.7 Å². The van der Waals surface area contributed by atoms with Crippen molar-refractivity contribution in [1.82, 2.24) is 4.98 Å². The average Bonchev–Trinajstić information content (AvgIpc) is 3.01. The lowest BCUT2D eigenvalue weighted by molar-refractivity contribution is -0.890. The third kappa shape index (κ3) is 4.40.